The summed E-state index contributed by atoms with van der Waals surface area (Å²) in [5, 5.41) is 13.0. The van der Waals surface area contributed by atoms with Gasteiger partial charge in [-0.1, -0.05) is 17.3 Å². The van der Waals surface area contributed by atoms with E-state index in [0.29, 0.717) is 0 Å². The van der Waals surface area contributed by atoms with E-state index in [-0.39, 0.29) is 48.6 Å². The third-order valence-electron chi connectivity index (χ3n) is 4.81. The van der Waals surface area contributed by atoms with Gasteiger partial charge in [-0.3, -0.25) is 14.2 Å². The summed E-state index contributed by atoms with van der Waals surface area (Å²) in [6.45, 7) is -0.432. The number of aromatic nitrogens is 6. The second kappa shape index (κ2) is 10.1. The van der Waals surface area contributed by atoms with Crippen molar-refractivity contribution in [2.75, 3.05) is 0 Å². The zero-order valence-electron chi connectivity index (χ0n) is 17.4. The Hall–Kier alpha value is -3.58. The van der Waals surface area contributed by atoms with Crippen molar-refractivity contribution in [2.45, 2.75) is 51.0 Å². The molecule has 14 heteroatoms. The lowest BCUT2D eigenvalue weighted by Crippen LogP contribution is -2.29. The van der Waals surface area contributed by atoms with Gasteiger partial charge in [-0.25, -0.2) is 4.98 Å². The van der Waals surface area contributed by atoms with Gasteiger partial charge in [-0.2, -0.15) is 31.6 Å². The third-order valence-corrected chi connectivity index (χ3v) is 4.81. The van der Waals surface area contributed by atoms with Crippen LogP contribution >= 0.6 is 0 Å². The number of benzene rings is 1. The first-order valence-corrected chi connectivity index (χ1v) is 10.0. The van der Waals surface area contributed by atoms with Crippen LogP contribution in [-0.4, -0.2) is 42.1 Å². The monoisotopic (exact) mass is 488 g/mol. The van der Waals surface area contributed by atoms with Gasteiger partial charge in [0.2, 0.25) is 0 Å². The Morgan fingerprint density at radius 1 is 1.03 bits per heavy atom. The molecule has 0 aliphatic carbocycles. The molecule has 0 bridgehead atoms. The van der Waals surface area contributed by atoms with E-state index in [0.717, 1.165) is 34.9 Å². The van der Waals surface area contributed by atoms with Crippen LogP contribution in [-0.2, 0) is 30.4 Å². The fraction of sp³-hybridized carbons (Fsp3) is 0.400. The first-order valence-electron chi connectivity index (χ1n) is 10.0. The number of carbonyl (C=O) groups is 1. The van der Waals surface area contributed by atoms with Gasteiger partial charge in [0.1, 0.15) is 5.82 Å². The number of carbonyl (C=O) groups excluding carboxylic acids is 1. The molecule has 34 heavy (non-hydrogen) atoms. The van der Waals surface area contributed by atoms with Gasteiger partial charge >= 0.3 is 12.4 Å². The Morgan fingerprint density at radius 3 is 2.32 bits per heavy atom. The molecule has 1 aromatic carbocycles. The number of H-pyrrole nitrogens is 1. The minimum atomic E-state index is -4.56. The summed E-state index contributed by atoms with van der Waals surface area (Å²) in [7, 11) is 0. The summed E-state index contributed by atoms with van der Waals surface area (Å²) in [5.41, 5.74) is -1.43. The molecule has 0 atom stereocenters. The smallest absolute Gasteiger partial charge is 0.298 e. The van der Waals surface area contributed by atoms with Crippen LogP contribution in [0.15, 0.2) is 35.1 Å². The van der Waals surface area contributed by atoms with Crippen molar-refractivity contribution in [3.8, 4) is 11.3 Å². The lowest BCUT2D eigenvalue weighted by atomic mass is 10.1. The molecule has 8 nitrogen and oxygen atoms in total. The number of tetrazole rings is 1. The molecule has 0 fully saturated rings. The van der Waals surface area contributed by atoms with Crippen LogP contribution < -0.4 is 5.56 Å². The summed E-state index contributed by atoms with van der Waals surface area (Å²) in [5.74, 6) is -0.200. The van der Waals surface area contributed by atoms with Crippen molar-refractivity contribution in [1.82, 2.24) is 30.2 Å². The topological polar surface area (TPSA) is 106 Å². The van der Waals surface area contributed by atoms with Gasteiger partial charge < -0.3 is 0 Å². The van der Waals surface area contributed by atoms with Gasteiger partial charge in [0.05, 0.1) is 17.8 Å². The Kier molecular flexibility index (Phi) is 7.47. The van der Waals surface area contributed by atoms with E-state index in [4.69, 9.17) is 0 Å². The average Bonchev–Trinajstić information content (AvgIpc) is 3.26. The molecule has 182 valence electrons. The van der Waals surface area contributed by atoms with E-state index in [9.17, 15) is 35.9 Å². The second-order valence-electron chi connectivity index (χ2n) is 7.39. The SMILES string of the molecule is O=C(CCc1nn[nH]n1)Cn1c(CCCC(F)(F)F)nc(-c2ccc(C(F)(F)F)cc2)cc1=O. The quantitative estimate of drug-likeness (QED) is 0.462. The van der Waals surface area contributed by atoms with Crippen LogP contribution in [0, 0.1) is 0 Å². The third kappa shape index (κ3) is 6.96. The van der Waals surface area contributed by atoms with E-state index < -0.39 is 42.2 Å². The number of ketones is 1. The highest BCUT2D eigenvalue weighted by Crippen LogP contribution is 2.30. The molecule has 0 aliphatic rings. The molecule has 0 saturated carbocycles. The van der Waals surface area contributed by atoms with Gasteiger partial charge in [0.15, 0.2) is 11.6 Å². The maximum Gasteiger partial charge on any atom is 0.416 e. The van der Waals surface area contributed by atoms with Crippen molar-refractivity contribution in [3.63, 3.8) is 0 Å². The lowest BCUT2D eigenvalue weighted by molar-refractivity contribution is -0.137. The standard InChI is InChI=1S/C20H18F6N6O2/c21-19(22,23)9-1-2-17-27-15(12-3-5-13(6-4-12)20(24,25)26)10-18(34)32(17)11-14(33)7-8-16-28-30-31-29-16/h3-6,10H,1-2,7-9,11H2,(H,28,29,30,31). The fourth-order valence-electron chi connectivity index (χ4n) is 3.13. The molecular formula is C20H18F6N6O2. The molecule has 1 N–H and O–H groups in total. The average molecular weight is 488 g/mol. The largest absolute Gasteiger partial charge is 0.416 e. The van der Waals surface area contributed by atoms with Crippen LogP contribution in [0.3, 0.4) is 0 Å². The van der Waals surface area contributed by atoms with Crippen LogP contribution in [0.5, 0.6) is 0 Å². The lowest BCUT2D eigenvalue weighted by Gasteiger charge is -2.14. The Bertz CT molecular complexity index is 1170. The maximum absolute atomic E-state index is 12.8. The number of hydrogen-bond acceptors (Lipinski definition) is 6. The van der Waals surface area contributed by atoms with Gasteiger partial charge in [0.25, 0.3) is 5.56 Å². The second-order valence-corrected chi connectivity index (χ2v) is 7.39. The highest BCUT2D eigenvalue weighted by molar-refractivity contribution is 5.78. The number of halogens is 6. The summed E-state index contributed by atoms with van der Waals surface area (Å²) < 4.78 is 77.2. The normalized spacial score (nSPS) is 12.2. The Morgan fingerprint density at radius 2 is 1.74 bits per heavy atom. The number of alkyl halides is 6. The molecule has 0 aliphatic heterocycles. The molecule has 0 saturated heterocycles. The van der Waals surface area contributed by atoms with Gasteiger partial charge in [0, 0.05) is 37.3 Å². The number of aryl methyl sites for hydroxylation is 2. The number of aromatic amines is 1. The van der Waals surface area contributed by atoms with Crippen LogP contribution in [0.2, 0.25) is 0 Å². The fourth-order valence-corrected chi connectivity index (χ4v) is 3.13. The van der Waals surface area contributed by atoms with Crippen LogP contribution in [0.1, 0.15) is 36.5 Å². The molecule has 0 amide bonds. The minimum absolute atomic E-state index is 0.00349. The Balaban J connectivity index is 1.86. The molecule has 0 unspecified atom stereocenters. The van der Waals surface area contributed by atoms with Gasteiger partial charge in [-0.15, -0.1) is 10.2 Å². The number of hydrogen-bond donors (Lipinski definition) is 1. The van der Waals surface area contributed by atoms with E-state index in [1.807, 2.05) is 0 Å². The molecule has 0 spiro atoms. The van der Waals surface area contributed by atoms with E-state index in [2.05, 4.69) is 25.6 Å². The van der Waals surface area contributed by atoms with Gasteiger partial charge in [-0.05, 0) is 18.6 Å². The predicted molar refractivity (Wildman–Crippen MR) is 105 cm³/mol. The highest BCUT2D eigenvalue weighted by atomic mass is 19.4. The van der Waals surface area contributed by atoms with Crippen molar-refractivity contribution in [2.24, 2.45) is 0 Å². The number of Topliss-reactive ketones (excluding diaryl/α,β-unsaturated/α-hetero) is 1. The number of nitrogens with one attached hydrogen (secondary N) is 1. The van der Waals surface area contributed by atoms with Crippen molar-refractivity contribution in [1.29, 1.82) is 0 Å². The molecular weight excluding hydrogens is 470 g/mol. The molecule has 3 rings (SSSR count). The van der Waals surface area contributed by atoms with E-state index in [1.54, 1.807) is 0 Å². The molecule has 3 aromatic rings. The van der Waals surface area contributed by atoms with Crippen LogP contribution in [0.25, 0.3) is 11.3 Å². The first kappa shape index (κ1) is 25.1. The number of nitrogens with zero attached hydrogens (tertiary/aromatic N) is 5. The summed E-state index contributed by atoms with van der Waals surface area (Å²) in [6, 6.07) is 4.89. The first-order chi connectivity index (χ1) is 15.9. The molecule has 0 radical (unpaired) electrons. The van der Waals surface area contributed by atoms with E-state index in [1.165, 1.54) is 0 Å². The minimum Gasteiger partial charge on any atom is -0.298 e. The molecule has 2 heterocycles. The van der Waals surface area contributed by atoms with Crippen molar-refractivity contribution >= 4 is 5.78 Å². The zero-order chi connectivity index (χ0) is 24.9. The number of rotatable bonds is 9. The van der Waals surface area contributed by atoms with E-state index >= 15 is 0 Å². The maximum atomic E-state index is 12.8. The summed E-state index contributed by atoms with van der Waals surface area (Å²) in [4.78, 5) is 29.3. The molecule has 2 aromatic heterocycles. The van der Waals surface area contributed by atoms with Crippen molar-refractivity contribution in [3.05, 3.63) is 57.9 Å². The Labute approximate surface area is 188 Å². The van der Waals surface area contributed by atoms with Crippen molar-refractivity contribution < 1.29 is 31.1 Å². The highest BCUT2D eigenvalue weighted by Gasteiger charge is 2.30. The summed E-state index contributed by atoms with van der Waals surface area (Å²) >= 11 is 0. The summed E-state index contributed by atoms with van der Waals surface area (Å²) in [6.07, 6.45) is -10.7. The van der Waals surface area contributed by atoms with Crippen LogP contribution in [0.4, 0.5) is 26.3 Å². The zero-order valence-corrected chi connectivity index (χ0v) is 17.4. The predicted octanol–water partition coefficient (Wildman–Crippen LogP) is 3.53.